The molecule has 2 aliphatic rings. The predicted molar refractivity (Wildman–Crippen MR) is 94.6 cm³/mol. The van der Waals surface area contributed by atoms with Crippen molar-refractivity contribution in [2.75, 3.05) is 31.1 Å². The number of rotatable bonds is 4. The van der Waals surface area contributed by atoms with E-state index in [0.29, 0.717) is 25.4 Å². The number of likely N-dealkylation sites (tertiary alicyclic amines) is 1. The quantitative estimate of drug-likeness (QED) is 0.916. The Kier molecular flexibility index (Phi) is 5.19. The van der Waals surface area contributed by atoms with Gasteiger partial charge in [0.15, 0.2) is 0 Å². The molecule has 1 atom stereocenters. The van der Waals surface area contributed by atoms with Crippen molar-refractivity contribution in [1.82, 2.24) is 4.90 Å². The Morgan fingerprint density at radius 1 is 1.25 bits per heavy atom. The molecule has 5 heteroatoms. The number of nitrogens with zero attached hydrogens (tertiary/aromatic N) is 2. The molecule has 0 bridgehead atoms. The minimum atomic E-state index is -0.211. The first-order chi connectivity index (χ1) is 11.6. The fraction of sp³-hybridized carbons (Fsp3) is 0.579. The van der Waals surface area contributed by atoms with Crippen molar-refractivity contribution in [1.29, 1.82) is 0 Å². The average molecular weight is 329 g/mol. The summed E-state index contributed by atoms with van der Waals surface area (Å²) in [7, 11) is 0. The van der Waals surface area contributed by atoms with E-state index in [0.717, 1.165) is 43.6 Å². The Labute approximate surface area is 143 Å². The van der Waals surface area contributed by atoms with Gasteiger partial charge in [0.25, 0.3) is 0 Å². The Balaban J connectivity index is 1.67. The maximum Gasteiger partial charge on any atom is 0.228 e. The molecular weight excluding hydrogens is 302 g/mol. The van der Waals surface area contributed by atoms with E-state index < -0.39 is 0 Å². The molecule has 0 aliphatic carbocycles. The minimum absolute atomic E-state index is 0.0612. The summed E-state index contributed by atoms with van der Waals surface area (Å²) in [4.78, 5) is 29.0. The molecule has 1 unspecified atom stereocenters. The minimum Gasteiger partial charge on any atom is -0.342 e. The van der Waals surface area contributed by atoms with E-state index in [9.17, 15) is 9.59 Å². The van der Waals surface area contributed by atoms with E-state index in [2.05, 4.69) is 13.0 Å². The van der Waals surface area contributed by atoms with Crippen LogP contribution in [0.4, 0.5) is 5.69 Å². The Morgan fingerprint density at radius 2 is 1.96 bits per heavy atom. The number of benzene rings is 1. The topological polar surface area (TPSA) is 66.6 Å². The molecule has 5 nitrogen and oxygen atoms in total. The fourth-order valence-corrected chi connectivity index (χ4v) is 3.83. The van der Waals surface area contributed by atoms with Crippen LogP contribution in [0.3, 0.4) is 0 Å². The standard InChI is InChI=1S/C19H27N3O2/c1-2-15-5-3-4-6-17(15)22-13-16(11-18(22)23)19(24)21-9-7-14(12-20)8-10-21/h3-6,14,16H,2,7-13,20H2,1H3. The number of para-hydroxylation sites is 1. The highest BCUT2D eigenvalue weighted by atomic mass is 16.2. The first-order valence-corrected chi connectivity index (χ1v) is 9.01. The smallest absolute Gasteiger partial charge is 0.228 e. The zero-order chi connectivity index (χ0) is 17.1. The van der Waals surface area contributed by atoms with Gasteiger partial charge in [0.1, 0.15) is 0 Å². The van der Waals surface area contributed by atoms with Crippen LogP contribution in [0.2, 0.25) is 0 Å². The van der Waals surface area contributed by atoms with E-state index in [-0.39, 0.29) is 17.7 Å². The first-order valence-electron chi connectivity index (χ1n) is 9.01. The van der Waals surface area contributed by atoms with Crippen molar-refractivity contribution in [2.45, 2.75) is 32.6 Å². The lowest BCUT2D eigenvalue weighted by Crippen LogP contribution is -2.43. The molecule has 2 aliphatic heterocycles. The first kappa shape index (κ1) is 17.0. The zero-order valence-electron chi connectivity index (χ0n) is 14.4. The van der Waals surface area contributed by atoms with Gasteiger partial charge in [-0.15, -0.1) is 0 Å². The van der Waals surface area contributed by atoms with Crippen LogP contribution < -0.4 is 10.6 Å². The van der Waals surface area contributed by atoms with Gasteiger partial charge < -0.3 is 15.5 Å². The number of hydrogen-bond acceptors (Lipinski definition) is 3. The van der Waals surface area contributed by atoms with Crippen molar-refractivity contribution in [3.63, 3.8) is 0 Å². The molecule has 0 saturated carbocycles. The van der Waals surface area contributed by atoms with Crippen LogP contribution in [0.15, 0.2) is 24.3 Å². The molecular formula is C19H27N3O2. The third kappa shape index (κ3) is 3.31. The summed E-state index contributed by atoms with van der Waals surface area (Å²) in [6.07, 6.45) is 3.16. The van der Waals surface area contributed by atoms with Crippen LogP contribution in [-0.2, 0) is 16.0 Å². The second-order valence-electron chi connectivity index (χ2n) is 6.89. The molecule has 0 aromatic heterocycles. The lowest BCUT2D eigenvalue weighted by Gasteiger charge is -2.33. The summed E-state index contributed by atoms with van der Waals surface area (Å²) in [5.41, 5.74) is 7.84. The highest BCUT2D eigenvalue weighted by Crippen LogP contribution is 2.30. The molecule has 2 N–H and O–H groups in total. The van der Waals surface area contributed by atoms with Gasteiger partial charge >= 0.3 is 0 Å². The van der Waals surface area contributed by atoms with Crippen LogP contribution in [-0.4, -0.2) is 42.9 Å². The SMILES string of the molecule is CCc1ccccc1N1CC(C(=O)N2CCC(CN)CC2)CC1=O. The second kappa shape index (κ2) is 7.34. The highest BCUT2D eigenvalue weighted by Gasteiger charge is 2.38. The maximum absolute atomic E-state index is 12.8. The summed E-state index contributed by atoms with van der Waals surface area (Å²) in [5, 5.41) is 0. The van der Waals surface area contributed by atoms with Crippen LogP contribution in [0.25, 0.3) is 0 Å². The van der Waals surface area contributed by atoms with Gasteiger partial charge in [-0.25, -0.2) is 0 Å². The zero-order valence-corrected chi connectivity index (χ0v) is 14.4. The third-order valence-corrected chi connectivity index (χ3v) is 5.40. The van der Waals surface area contributed by atoms with Crippen molar-refractivity contribution in [3.8, 4) is 0 Å². The Bertz CT molecular complexity index is 608. The number of hydrogen-bond donors (Lipinski definition) is 1. The number of amides is 2. The summed E-state index contributed by atoms with van der Waals surface area (Å²) in [6, 6.07) is 7.98. The van der Waals surface area contributed by atoms with E-state index >= 15 is 0 Å². The third-order valence-electron chi connectivity index (χ3n) is 5.40. The highest BCUT2D eigenvalue weighted by molar-refractivity contribution is 6.00. The van der Waals surface area contributed by atoms with Gasteiger partial charge in [-0.1, -0.05) is 25.1 Å². The number of piperidine rings is 1. The normalized spacial score (nSPS) is 22.2. The van der Waals surface area contributed by atoms with Gasteiger partial charge in [0, 0.05) is 31.7 Å². The lowest BCUT2D eigenvalue weighted by atomic mass is 9.95. The van der Waals surface area contributed by atoms with Crippen molar-refractivity contribution in [2.24, 2.45) is 17.6 Å². The van der Waals surface area contributed by atoms with E-state index in [1.54, 1.807) is 4.90 Å². The molecule has 130 valence electrons. The second-order valence-corrected chi connectivity index (χ2v) is 6.89. The molecule has 3 rings (SSSR count). The number of carbonyl (C=O) groups excluding carboxylic acids is 2. The van der Waals surface area contributed by atoms with Gasteiger partial charge in [-0.05, 0) is 43.4 Å². The van der Waals surface area contributed by atoms with Gasteiger partial charge in [0.05, 0.1) is 5.92 Å². The summed E-state index contributed by atoms with van der Waals surface area (Å²) < 4.78 is 0. The molecule has 1 aromatic rings. The van der Waals surface area contributed by atoms with E-state index in [1.807, 2.05) is 23.1 Å². The Hall–Kier alpha value is -1.88. The fourth-order valence-electron chi connectivity index (χ4n) is 3.83. The average Bonchev–Trinajstić information content (AvgIpc) is 3.02. The molecule has 1 aromatic carbocycles. The van der Waals surface area contributed by atoms with Gasteiger partial charge in [0.2, 0.25) is 11.8 Å². The number of carbonyl (C=O) groups is 2. The molecule has 0 radical (unpaired) electrons. The van der Waals surface area contributed by atoms with Crippen molar-refractivity contribution >= 4 is 17.5 Å². The van der Waals surface area contributed by atoms with E-state index in [1.165, 1.54) is 0 Å². The van der Waals surface area contributed by atoms with Gasteiger partial charge in [-0.3, -0.25) is 9.59 Å². The number of nitrogens with two attached hydrogens (primary N) is 1. The molecule has 2 fully saturated rings. The van der Waals surface area contributed by atoms with Crippen LogP contribution in [0.5, 0.6) is 0 Å². The van der Waals surface area contributed by atoms with E-state index in [4.69, 9.17) is 5.73 Å². The number of aryl methyl sites for hydroxylation is 1. The van der Waals surface area contributed by atoms with Crippen molar-refractivity contribution < 1.29 is 9.59 Å². The van der Waals surface area contributed by atoms with Crippen LogP contribution in [0.1, 0.15) is 31.7 Å². The van der Waals surface area contributed by atoms with Crippen LogP contribution in [0, 0.1) is 11.8 Å². The molecule has 2 amide bonds. The Morgan fingerprint density at radius 3 is 2.62 bits per heavy atom. The predicted octanol–water partition coefficient (Wildman–Crippen LogP) is 1.80. The van der Waals surface area contributed by atoms with Crippen molar-refractivity contribution in [3.05, 3.63) is 29.8 Å². The lowest BCUT2D eigenvalue weighted by molar-refractivity contribution is -0.137. The maximum atomic E-state index is 12.8. The largest absolute Gasteiger partial charge is 0.342 e. The van der Waals surface area contributed by atoms with Gasteiger partial charge in [-0.2, -0.15) is 0 Å². The summed E-state index contributed by atoms with van der Waals surface area (Å²) >= 11 is 0. The van der Waals surface area contributed by atoms with Crippen LogP contribution >= 0.6 is 0 Å². The molecule has 0 spiro atoms. The molecule has 2 heterocycles. The molecule has 24 heavy (non-hydrogen) atoms. The number of anilines is 1. The monoisotopic (exact) mass is 329 g/mol. The molecule has 2 saturated heterocycles. The summed E-state index contributed by atoms with van der Waals surface area (Å²) in [6.45, 7) is 4.84. The summed E-state index contributed by atoms with van der Waals surface area (Å²) in [5.74, 6) is 0.519.